The Labute approximate surface area is 110 Å². The normalized spacial score (nSPS) is 11.7. The second-order valence-electron chi connectivity index (χ2n) is 4.19. The minimum absolute atomic E-state index is 0.229. The van der Waals surface area contributed by atoms with Crippen LogP contribution in [0.2, 0.25) is 0 Å². The van der Waals surface area contributed by atoms with Crippen LogP contribution in [0.5, 0.6) is 0 Å². The maximum atomic E-state index is 13.6. The number of nitrogens with zero attached hydrogens (tertiary/aromatic N) is 1. The van der Waals surface area contributed by atoms with E-state index in [9.17, 15) is 8.78 Å². The number of hydrogen-bond acceptors (Lipinski definition) is 2. The minimum Gasteiger partial charge on any atom is -0.377 e. The molecule has 2 nitrogen and oxygen atoms in total. The summed E-state index contributed by atoms with van der Waals surface area (Å²) in [6.45, 7) is 1.71. The van der Waals surface area contributed by atoms with E-state index in [0.717, 1.165) is 18.2 Å². The molecule has 0 aromatic heterocycles. The molecule has 96 valence electrons. The SMILES string of the molecule is CC(Nc1ccccc1C#N)c1cc(F)ccc1F. The first-order chi connectivity index (χ1) is 9.11. The summed E-state index contributed by atoms with van der Waals surface area (Å²) in [5.74, 6) is -0.963. The summed E-state index contributed by atoms with van der Waals surface area (Å²) >= 11 is 0. The molecule has 0 aliphatic rings. The van der Waals surface area contributed by atoms with E-state index in [0.29, 0.717) is 11.3 Å². The zero-order chi connectivity index (χ0) is 13.8. The lowest BCUT2D eigenvalue weighted by molar-refractivity contribution is 0.577. The van der Waals surface area contributed by atoms with E-state index in [1.54, 1.807) is 31.2 Å². The molecule has 2 aromatic carbocycles. The Morgan fingerprint density at radius 2 is 1.89 bits per heavy atom. The van der Waals surface area contributed by atoms with E-state index >= 15 is 0 Å². The van der Waals surface area contributed by atoms with Crippen LogP contribution in [0.1, 0.15) is 24.1 Å². The van der Waals surface area contributed by atoms with Crippen molar-refractivity contribution < 1.29 is 8.78 Å². The lowest BCUT2D eigenvalue weighted by atomic mass is 10.1. The number of benzene rings is 2. The van der Waals surface area contributed by atoms with Crippen LogP contribution in [0.4, 0.5) is 14.5 Å². The molecule has 1 N–H and O–H groups in total. The summed E-state index contributed by atoms with van der Waals surface area (Å²) < 4.78 is 26.8. The quantitative estimate of drug-likeness (QED) is 0.902. The van der Waals surface area contributed by atoms with Gasteiger partial charge in [-0.3, -0.25) is 0 Å². The molecule has 0 amide bonds. The molecule has 0 fully saturated rings. The molecule has 19 heavy (non-hydrogen) atoms. The van der Waals surface area contributed by atoms with Crippen molar-refractivity contribution >= 4 is 5.69 Å². The van der Waals surface area contributed by atoms with Crippen LogP contribution >= 0.6 is 0 Å². The third-order valence-electron chi connectivity index (χ3n) is 2.84. The molecular formula is C15H12F2N2. The molecule has 0 bridgehead atoms. The van der Waals surface area contributed by atoms with Gasteiger partial charge in [-0.05, 0) is 37.3 Å². The number of hydrogen-bond donors (Lipinski definition) is 1. The highest BCUT2D eigenvalue weighted by molar-refractivity contribution is 5.58. The van der Waals surface area contributed by atoms with Crippen LogP contribution in [-0.2, 0) is 0 Å². The molecule has 0 aliphatic heterocycles. The monoisotopic (exact) mass is 258 g/mol. The van der Waals surface area contributed by atoms with Crippen molar-refractivity contribution in [2.45, 2.75) is 13.0 Å². The van der Waals surface area contributed by atoms with Gasteiger partial charge in [0.05, 0.1) is 17.3 Å². The molecule has 0 spiro atoms. The molecule has 2 rings (SSSR count). The first kappa shape index (κ1) is 13.0. The Hall–Kier alpha value is -2.41. The third kappa shape index (κ3) is 2.89. The number of anilines is 1. The Balaban J connectivity index is 2.28. The zero-order valence-electron chi connectivity index (χ0n) is 10.3. The highest BCUT2D eigenvalue weighted by atomic mass is 19.1. The Morgan fingerprint density at radius 3 is 2.63 bits per heavy atom. The fourth-order valence-corrected chi connectivity index (χ4v) is 1.86. The van der Waals surface area contributed by atoms with E-state index in [2.05, 4.69) is 5.32 Å². The molecular weight excluding hydrogens is 246 g/mol. The van der Waals surface area contributed by atoms with Gasteiger partial charge in [-0.2, -0.15) is 5.26 Å². The first-order valence-electron chi connectivity index (χ1n) is 5.82. The fourth-order valence-electron chi connectivity index (χ4n) is 1.86. The van der Waals surface area contributed by atoms with Crippen LogP contribution in [-0.4, -0.2) is 0 Å². The maximum absolute atomic E-state index is 13.6. The summed E-state index contributed by atoms with van der Waals surface area (Å²) in [6.07, 6.45) is 0. The van der Waals surface area contributed by atoms with E-state index in [1.807, 2.05) is 6.07 Å². The predicted octanol–water partition coefficient (Wildman–Crippen LogP) is 4.01. The van der Waals surface area contributed by atoms with E-state index in [-0.39, 0.29) is 5.56 Å². The van der Waals surface area contributed by atoms with E-state index in [1.165, 1.54) is 0 Å². The largest absolute Gasteiger partial charge is 0.377 e. The topological polar surface area (TPSA) is 35.8 Å². The Bertz CT molecular complexity index is 632. The van der Waals surface area contributed by atoms with Gasteiger partial charge in [0.15, 0.2) is 0 Å². The average Bonchev–Trinajstić information content (AvgIpc) is 2.42. The van der Waals surface area contributed by atoms with Crippen LogP contribution in [0, 0.1) is 23.0 Å². The molecule has 0 heterocycles. The number of para-hydroxylation sites is 1. The lowest BCUT2D eigenvalue weighted by Gasteiger charge is -2.17. The summed E-state index contributed by atoms with van der Waals surface area (Å²) in [6, 6.07) is 11.9. The van der Waals surface area contributed by atoms with Crippen molar-refractivity contribution in [1.29, 1.82) is 5.26 Å². The number of halogens is 2. The second kappa shape index (κ2) is 5.49. The van der Waals surface area contributed by atoms with Gasteiger partial charge in [-0.15, -0.1) is 0 Å². The van der Waals surface area contributed by atoms with Crippen molar-refractivity contribution in [2.75, 3.05) is 5.32 Å². The summed E-state index contributed by atoms with van der Waals surface area (Å²) in [5.41, 5.74) is 1.29. The van der Waals surface area contributed by atoms with Crippen LogP contribution < -0.4 is 5.32 Å². The van der Waals surface area contributed by atoms with Gasteiger partial charge < -0.3 is 5.32 Å². The summed E-state index contributed by atoms with van der Waals surface area (Å²) in [7, 11) is 0. The van der Waals surface area contributed by atoms with Gasteiger partial charge in [0.2, 0.25) is 0 Å². The molecule has 1 unspecified atom stereocenters. The molecule has 4 heteroatoms. The van der Waals surface area contributed by atoms with Crippen LogP contribution in [0.15, 0.2) is 42.5 Å². The molecule has 1 atom stereocenters. The van der Waals surface area contributed by atoms with E-state index in [4.69, 9.17) is 5.26 Å². The van der Waals surface area contributed by atoms with Gasteiger partial charge >= 0.3 is 0 Å². The van der Waals surface area contributed by atoms with Crippen LogP contribution in [0.25, 0.3) is 0 Å². The second-order valence-corrected chi connectivity index (χ2v) is 4.19. The predicted molar refractivity (Wildman–Crippen MR) is 69.6 cm³/mol. The Morgan fingerprint density at radius 1 is 1.16 bits per heavy atom. The summed E-state index contributed by atoms with van der Waals surface area (Å²) in [5, 5.41) is 12.0. The molecule has 0 saturated carbocycles. The maximum Gasteiger partial charge on any atom is 0.128 e. The zero-order valence-corrected chi connectivity index (χ0v) is 10.3. The third-order valence-corrected chi connectivity index (χ3v) is 2.84. The van der Waals surface area contributed by atoms with Crippen LogP contribution in [0.3, 0.4) is 0 Å². The fraction of sp³-hybridized carbons (Fsp3) is 0.133. The van der Waals surface area contributed by atoms with Gasteiger partial charge in [-0.25, -0.2) is 8.78 Å². The molecule has 0 saturated heterocycles. The lowest BCUT2D eigenvalue weighted by Crippen LogP contribution is -2.10. The van der Waals surface area contributed by atoms with Crippen molar-refractivity contribution in [3.8, 4) is 6.07 Å². The highest BCUT2D eigenvalue weighted by Crippen LogP contribution is 2.24. The van der Waals surface area contributed by atoms with Crippen molar-refractivity contribution in [1.82, 2.24) is 0 Å². The van der Waals surface area contributed by atoms with Gasteiger partial charge in [0.25, 0.3) is 0 Å². The standard InChI is InChI=1S/C15H12F2N2/c1-10(13-8-12(16)6-7-14(13)17)19-15-5-3-2-4-11(15)9-18/h2-8,10,19H,1H3. The minimum atomic E-state index is -0.487. The van der Waals surface area contributed by atoms with E-state index < -0.39 is 17.7 Å². The Kier molecular flexibility index (Phi) is 3.76. The summed E-state index contributed by atoms with van der Waals surface area (Å²) in [4.78, 5) is 0. The number of nitriles is 1. The van der Waals surface area contributed by atoms with Crippen molar-refractivity contribution in [2.24, 2.45) is 0 Å². The molecule has 0 aliphatic carbocycles. The highest BCUT2D eigenvalue weighted by Gasteiger charge is 2.13. The molecule has 0 radical (unpaired) electrons. The number of rotatable bonds is 3. The van der Waals surface area contributed by atoms with Gasteiger partial charge in [-0.1, -0.05) is 12.1 Å². The van der Waals surface area contributed by atoms with Crippen molar-refractivity contribution in [3.63, 3.8) is 0 Å². The first-order valence-corrected chi connectivity index (χ1v) is 5.82. The average molecular weight is 258 g/mol. The molecule has 2 aromatic rings. The van der Waals surface area contributed by atoms with Gasteiger partial charge in [0.1, 0.15) is 17.7 Å². The smallest absolute Gasteiger partial charge is 0.128 e. The number of nitrogens with one attached hydrogen (secondary N) is 1. The van der Waals surface area contributed by atoms with Crippen molar-refractivity contribution in [3.05, 3.63) is 65.2 Å². The van der Waals surface area contributed by atoms with Gasteiger partial charge in [0, 0.05) is 5.56 Å².